The first-order valence-electron chi connectivity index (χ1n) is 6.98. The van der Waals surface area contributed by atoms with Gasteiger partial charge in [-0.3, -0.25) is 19.4 Å². The van der Waals surface area contributed by atoms with Gasteiger partial charge in [-0.1, -0.05) is 11.6 Å². The summed E-state index contributed by atoms with van der Waals surface area (Å²) in [6.45, 7) is 3.59. The summed E-state index contributed by atoms with van der Waals surface area (Å²) in [7, 11) is 1.68. The molecule has 0 atom stereocenters. The Bertz CT molecular complexity index is 965. The smallest absolute Gasteiger partial charge is 0.275 e. The summed E-state index contributed by atoms with van der Waals surface area (Å²) in [4.78, 5) is 32.8. The number of rotatable bonds is 3. The molecule has 0 aliphatic carbocycles. The molecule has 1 amide bonds. The van der Waals surface area contributed by atoms with Gasteiger partial charge in [0.15, 0.2) is 5.82 Å². The first-order chi connectivity index (χ1) is 11.3. The number of hydrogen-bond donors (Lipinski definition) is 2. The Morgan fingerprint density at radius 1 is 1.25 bits per heavy atom. The minimum Gasteiger partial charge on any atom is -0.302 e. The zero-order chi connectivity index (χ0) is 17.4. The second-order valence-corrected chi connectivity index (χ2v) is 5.65. The molecule has 0 aliphatic rings. The Kier molecular flexibility index (Phi) is 3.94. The van der Waals surface area contributed by atoms with E-state index < -0.39 is 11.5 Å². The number of H-pyrrole nitrogens is 1. The van der Waals surface area contributed by atoms with Gasteiger partial charge < -0.3 is 5.32 Å². The van der Waals surface area contributed by atoms with Crippen LogP contribution in [0.1, 0.15) is 21.9 Å². The van der Waals surface area contributed by atoms with Crippen molar-refractivity contribution in [2.24, 2.45) is 7.05 Å². The van der Waals surface area contributed by atoms with Crippen LogP contribution in [0.25, 0.3) is 5.95 Å². The Morgan fingerprint density at radius 3 is 2.50 bits per heavy atom. The van der Waals surface area contributed by atoms with Gasteiger partial charge in [-0.05, 0) is 19.9 Å². The van der Waals surface area contributed by atoms with Crippen molar-refractivity contribution in [3.05, 3.63) is 50.8 Å². The summed E-state index contributed by atoms with van der Waals surface area (Å²) in [5.41, 5.74) is 1.03. The van der Waals surface area contributed by atoms with E-state index in [2.05, 4.69) is 25.5 Å². The summed E-state index contributed by atoms with van der Waals surface area (Å²) in [6, 6.07) is 2.95. The third-order valence-corrected chi connectivity index (χ3v) is 3.43. The van der Waals surface area contributed by atoms with Crippen LogP contribution < -0.4 is 10.9 Å². The zero-order valence-corrected chi connectivity index (χ0v) is 13.9. The van der Waals surface area contributed by atoms with Crippen LogP contribution in [0.4, 0.5) is 5.82 Å². The first kappa shape index (κ1) is 15.9. The first-order valence-corrected chi connectivity index (χ1v) is 7.36. The predicted octanol–water partition coefficient (Wildman–Crippen LogP) is 1.21. The Hall–Kier alpha value is -2.94. The summed E-state index contributed by atoms with van der Waals surface area (Å²) in [5, 5.41) is 9.54. The van der Waals surface area contributed by atoms with Crippen molar-refractivity contribution in [3.8, 4) is 5.95 Å². The van der Waals surface area contributed by atoms with E-state index >= 15 is 0 Å². The van der Waals surface area contributed by atoms with Crippen LogP contribution in [0.15, 0.2) is 23.1 Å². The van der Waals surface area contributed by atoms with Crippen molar-refractivity contribution in [3.63, 3.8) is 0 Å². The van der Waals surface area contributed by atoms with Gasteiger partial charge >= 0.3 is 0 Å². The van der Waals surface area contributed by atoms with E-state index in [0.717, 1.165) is 10.7 Å². The second-order valence-electron chi connectivity index (χ2n) is 5.25. The largest absolute Gasteiger partial charge is 0.302 e. The number of aromatic nitrogens is 6. The molecule has 2 N–H and O–H groups in total. The Balaban J connectivity index is 1.92. The fourth-order valence-electron chi connectivity index (χ4n) is 2.19. The molecule has 0 aliphatic heterocycles. The lowest BCUT2D eigenvalue weighted by atomic mass is 10.4. The van der Waals surface area contributed by atoms with Crippen molar-refractivity contribution in [1.82, 2.24) is 29.5 Å². The Morgan fingerprint density at radius 2 is 1.92 bits per heavy atom. The molecule has 0 radical (unpaired) electrons. The average Bonchev–Trinajstić information content (AvgIpc) is 3.01. The maximum Gasteiger partial charge on any atom is 0.275 e. The SMILES string of the molecule is Cc1cc(C)nc(-n2[nH]c(C(=O)Nc3nn(C)cc3Cl)cc2=O)n1. The number of carbonyl (C=O) groups is 1. The molecule has 0 aromatic carbocycles. The molecule has 3 aromatic heterocycles. The molecule has 9 nitrogen and oxygen atoms in total. The average molecular weight is 348 g/mol. The van der Waals surface area contributed by atoms with Crippen LogP contribution in [0.5, 0.6) is 0 Å². The highest BCUT2D eigenvalue weighted by molar-refractivity contribution is 6.33. The van der Waals surface area contributed by atoms with Crippen molar-refractivity contribution in [1.29, 1.82) is 0 Å². The lowest BCUT2D eigenvalue weighted by molar-refractivity contribution is 0.102. The number of carbonyl (C=O) groups excluding carboxylic acids is 1. The molecule has 0 saturated carbocycles. The van der Waals surface area contributed by atoms with Gasteiger partial charge in [-0.2, -0.15) is 9.78 Å². The highest BCUT2D eigenvalue weighted by atomic mass is 35.5. The highest BCUT2D eigenvalue weighted by Gasteiger charge is 2.16. The number of nitrogens with one attached hydrogen (secondary N) is 2. The molecule has 24 heavy (non-hydrogen) atoms. The number of nitrogens with zero attached hydrogens (tertiary/aromatic N) is 5. The van der Waals surface area contributed by atoms with Gasteiger partial charge in [-0.15, -0.1) is 0 Å². The minimum absolute atomic E-state index is 0.0458. The quantitative estimate of drug-likeness (QED) is 0.740. The summed E-state index contributed by atoms with van der Waals surface area (Å²) in [6.07, 6.45) is 1.55. The molecule has 3 rings (SSSR count). The van der Waals surface area contributed by atoms with Gasteiger partial charge in [-0.25, -0.2) is 9.97 Å². The fraction of sp³-hybridized carbons (Fsp3) is 0.214. The third-order valence-electron chi connectivity index (χ3n) is 3.15. The molecule has 3 aromatic rings. The molecule has 0 spiro atoms. The minimum atomic E-state index is -0.546. The molecule has 0 saturated heterocycles. The van der Waals surface area contributed by atoms with Crippen LogP contribution in [0, 0.1) is 13.8 Å². The molecule has 0 fully saturated rings. The highest BCUT2D eigenvalue weighted by Crippen LogP contribution is 2.18. The van der Waals surface area contributed by atoms with E-state index in [-0.39, 0.29) is 17.5 Å². The van der Waals surface area contributed by atoms with Crippen LogP contribution in [-0.2, 0) is 7.05 Å². The van der Waals surface area contributed by atoms with E-state index in [1.807, 2.05) is 0 Å². The van der Waals surface area contributed by atoms with Gasteiger partial charge in [0, 0.05) is 30.7 Å². The third kappa shape index (κ3) is 3.06. The molecule has 3 heterocycles. The lowest BCUT2D eigenvalue weighted by Crippen LogP contribution is -2.17. The van der Waals surface area contributed by atoms with Crippen LogP contribution in [-0.4, -0.2) is 35.4 Å². The van der Waals surface area contributed by atoms with E-state index in [0.29, 0.717) is 16.4 Å². The lowest BCUT2D eigenvalue weighted by Gasteiger charge is -2.03. The van der Waals surface area contributed by atoms with E-state index in [9.17, 15) is 9.59 Å². The fourth-order valence-corrected chi connectivity index (χ4v) is 2.41. The number of hydrogen-bond acceptors (Lipinski definition) is 5. The molecule has 10 heteroatoms. The van der Waals surface area contributed by atoms with Crippen molar-refractivity contribution >= 4 is 23.3 Å². The summed E-state index contributed by atoms with van der Waals surface area (Å²) < 4.78 is 2.57. The zero-order valence-electron chi connectivity index (χ0n) is 13.2. The van der Waals surface area contributed by atoms with Crippen LogP contribution in [0.3, 0.4) is 0 Å². The van der Waals surface area contributed by atoms with Crippen LogP contribution in [0.2, 0.25) is 5.02 Å². The van der Waals surface area contributed by atoms with E-state index in [1.54, 1.807) is 33.2 Å². The number of amides is 1. The van der Waals surface area contributed by atoms with Gasteiger partial charge in [0.05, 0.1) is 0 Å². The molecule has 0 unspecified atom stereocenters. The number of aromatic amines is 1. The topological polar surface area (TPSA) is 110 Å². The summed E-state index contributed by atoms with van der Waals surface area (Å²) >= 11 is 5.95. The van der Waals surface area contributed by atoms with Crippen LogP contribution >= 0.6 is 11.6 Å². The van der Waals surface area contributed by atoms with Gasteiger partial charge in [0.25, 0.3) is 17.4 Å². The van der Waals surface area contributed by atoms with E-state index in [4.69, 9.17) is 11.6 Å². The number of halogens is 1. The predicted molar refractivity (Wildman–Crippen MR) is 87.6 cm³/mol. The van der Waals surface area contributed by atoms with Crippen molar-refractivity contribution < 1.29 is 4.79 Å². The second kappa shape index (κ2) is 5.93. The summed E-state index contributed by atoms with van der Waals surface area (Å²) in [5.74, 6) is -0.163. The standard InChI is InChI=1S/C14H14ClN7O2/c1-7-4-8(2)17-14(16-7)22-11(23)5-10(19-22)13(24)18-12-9(15)6-21(3)20-12/h4-6,19H,1-3H3,(H,18,20,24). The number of aryl methyl sites for hydroxylation is 3. The van der Waals surface area contributed by atoms with Crippen molar-refractivity contribution in [2.45, 2.75) is 13.8 Å². The maximum absolute atomic E-state index is 12.3. The molecular weight excluding hydrogens is 334 g/mol. The monoisotopic (exact) mass is 347 g/mol. The van der Waals surface area contributed by atoms with Crippen molar-refractivity contribution in [2.75, 3.05) is 5.32 Å². The maximum atomic E-state index is 12.3. The molecule has 0 bridgehead atoms. The normalized spacial score (nSPS) is 10.8. The molecule has 124 valence electrons. The molecular formula is C14H14ClN7O2. The Labute approximate surface area is 141 Å². The van der Waals surface area contributed by atoms with E-state index in [1.165, 1.54) is 4.68 Å². The van der Waals surface area contributed by atoms with Gasteiger partial charge in [0.1, 0.15) is 10.7 Å². The number of anilines is 1. The van der Waals surface area contributed by atoms with Gasteiger partial charge in [0.2, 0.25) is 0 Å².